The molecule has 0 aliphatic carbocycles. The monoisotopic (exact) mass is 346 g/mol. The van der Waals surface area contributed by atoms with Crippen molar-refractivity contribution in [1.29, 1.82) is 5.26 Å². The lowest BCUT2D eigenvalue weighted by molar-refractivity contribution is -0.159. The fraction of sp³-hybridized carbons (Fsp3) is 0.526. The standard InChI is InChI=1S/C19H26N2O4/c1-12(2)10-21-14(5)7-16(15(21)6)8-17(9-20)19(23)24-11-18(22)25-13(3)4/h7-8,12-13H,10-11H2,1-6H3. The number of carbonyl (C=O) groups is 2. The topological polar surface area (TPSA) is 81.3 Å². The summed E-state index contributed by atoms with van der Waals surface area (Å²) in [4.78, 5) is 23.4. The molecule has 1 aromatic rings. The van der Waals surface area contributed by atoms with E-state index in [0.29, 0.717) is 5.92 Å². The average Bonchev–Trinajstić information content (AvgIpc) is 2.76. The van der Waals surface area contributed by atoms with Crippen LogP contribution >= 0.6 is 0 Å². The summed E-state index contributed by atoms with van der Waals surface area (Å²) in [6.45, 7) is 11.9. The number of carbonyl (C=O) groups excluding carboxylic acids is 2. The van der Waals surface area contributed by atoms with E-state index in [1.807, 2.05) is 26.0 Å². The molecule has 0 atom stereocenters. The van der Waals surface area contributed by atoms with Crippen LogP contribution in [0.4, 0.5) is 0 Å². The Kier molecular flexibility index (Phi) is 7.43. The van der Waals surface area contributed by atoms with Gasteiger partial charge < -0.3 is 14.0 Å². The second-order valence-corrected chi connectivity index (χ2v) is 6.62. The van der Waals surface area contributed by atoms with Gasteiger partial charge in [0.05, 0.1) is 6.10 Å². The molecule has 1 rings (SSSR count). The molecular formula is C19H26N2O4. The number of aromatic nitrogens is 1. The predicted molar refractivity (Wildman–Crippen MR) is 94.5 cm³/mol. The van der Waals surface area contributed by atoms with Crippen LogP contribution in [0, 0.1) is 31.1 Å². The summed E-state index contributed by atoms with van der Waals surface area (Å²) >= 11 is 0. The Hall–Kier alpha value is -2.55. The van der Waals surface area contributed by atoms with E-state index >= 15 is 0 Å². The molecule has 0 unspecified atom stereocenters. The quantitative estimate of drug-likeness (QED) is 0.430. The predicted octanol–water partition coefficient (Wildman–Crippen LogP) is 3.16. The Morgan fingerprint density at radius 1 is 1.28 bits per heavy atom. The highest BCUT2D eigenvalue weighted by Gasteiger charge is 2.16. The third-order valence-corrected chi connectivity index (χ3v) is 3.49. The molecule has 6 heteroatoms. The summed E-state index contributed by atoms with van der Waals surface area (Å²) in [5.41, 5.74) is 2.67. The van der Waals surface area contributed by atoms with Crippen LogP contribution in [0.15, 0.2) is 11.6 Å². The van der Waals surface area contributed by atoms with Gasteiger partial charge in [0.1, 0.15) is 11.6 Å². The highest BCUT2D eigenvalue weighted by molar-refractivity contribution is 5.98. The zero-order chi connectivity index (χ0) is 19.1. The summed E-state index contributed by atoms with van der Waals surface area (Å²) in [7, 11) is 0. The highest BCUT2D eigenvalue weighted by atomic mass is 16.6. The minimum atomic E-state index is -0.836. The maximum absolute atomic E-state index is 12.0. The van der Waals surface area contributed by atoms with E-state index in [1.54, 1.807) is 13.8 Å². The fourth-order valence-corrected chi connectivity index (χ4v) is 2.41. The Bertz CT molecular complexity index is 706. The van der Waals surface area contributed by atoms with Gasteiger partial charge in [-0.25, -0.2) is 9.59 Å². The first-order valence-electron chi connectivity index (χ1n) is 8.30. The molecule has 0 N–H and O–H groups in total. The number of nitrogens with zero attached hydrogens (tertiary/aromatic N) is 2. The van der Waals surface area contributed by atoms with Crippen molar-refractivity contribution in [2.45, 2.75) is 54.2 Å². The number of ether oxygens (including phenoxy) is 2. The number of hydrogen-bond acceptors (Lipinski definition) is 5. The maximum atomic E-state index is 12.0. The van der Waals surface area contributed by atoms with E-state index in [4.69, 9.17) is 9.47 Å². The second-order valence-electron chi connectivity index (χ2n) is 6.62. The molecule has 0 aliphatic heterocycles. The Morgan fingerprint density at radius 2 is 1.92 bits per heavy atom. The van der Waals surface area contributed by atoms with E-state index in [-0.39, 0.29) is 11.7 Å². The van der Waals surface area contributed by atoms with E-state index < -0.39 is 18.5 Å². The van der Waals surface area contributed by atoms with Crippen molar-refractivity contribution < 1.29 is 19.1 Å². The molecule has 0 radical (unpaired) electrons. The van der Waals surface area contributed by atoms with E-state index in [0.717, 1.165) is 23.5 Å². The van der Waals surface area contributed by atoms with Crippen molar-refractivity contribution in [3.05, 3.63) is 28.6 Å². The molecule has 6 nitrogen and oxygen atoms in total. The van der Waals surface area contributed by atoms with E-state index in [1.165, 1.54) is 6.08 Å². The first-order chi connectivity index (χ1) is 11.6. The van der Waals surface area contributed by atoms with Crippen molar-refractivity contribution in [1.82, 2.24) is 4.57 Å². The number of nitriles is 1. The molecule has 0 saturated heterocycles. The van der Waals surface area contributed by atoms with Crippen molar-refractivity contribution in [3.63, 3.8) is 0 Å². The molecule has 1 aromatic heterocycles. The van der Waals surface area contributed by atoms with Gasteiger partial charge in [-0.2, -0.15) is 5.26 Å². The summed E-state index contributed by atoms with van der Waals surface area (Å²) in [5.74, 6) is -0.998. The molecule has 0 aromatic carbocycles. The van der Waals surface area contributed by atoms with Crippen LogP contribution in [0.3, 0.4) is 0 Å². The smallest absolute Gasteiger partial charge is 0.349 e. The van der Waals surface area contributed by atoms with Crippen LogP contribution < -0.4 is 0 Å². The van der Waals surface area contributed by atoms with Gasteiger partial charge in [-0.3, -0.25) is 0 Å². The summed E-state index contributed by atoms with van der Waals surface area (Å²) < 4.78 is 11.9. The molecule has 136 valence electrons. The van der Waals surface area contributed by atoms with Crippen molar-refractivity contribution in [3.8, 4) is 6.07 Å². The van der Waals surface area contributed by atoms with E-state index in [9.17, 15) is 14.9 Å². The second kappa shape index (κ2) is 9.07. The molecule has 0 aliphatic rings. The number of hydrogen-bond donors (Lipinski definition) is 0. The fourth-order valence-electron chi connectivity index (χ4n) is 2.41. The van der Waals surface area contributed by atoms with Crippen LogP contribution in [-0.4, -0.2) is 29.2 Å². The number of esters is 2. The van der Waals surface area contributed by atoms with Gasteiger partial charge in [-0.1, -0.05) is 13.8 Å². The molecule has 0 bridgehead atoms. The maximum Gasteiger partial charge on any atom is 0.349 e. The third-order valence-electron chi connectivity index (χ3n) is 3.49. The van der Waals surface area contributed by atoms with Gasteiger partial charge in [0.25, 0.3) is 0 Å². The van der Waals surface area contributed by atoms with Gasteiger partial charge in [0, 0.05) is 17.9 Å². The summed E-state index contributed by atoms with van der Waals surface area (Å²) in [5, 5.41) is 9.24. The minimum Gasteiger partial charge on any atom is -0.460 e. The number of rotatable bonds is 7. The van der Waals surface area contributed by atoms with Crippen LogP contribution in [0.25, 0.3) is 6.08 Å². The summed E-state index contributed by atoms with van der Waals surface area (Å²) in [6.07, 6.45) is 1.21. The van der Waals surface area contributed by atoms with E-state index in [2.05, 4.69) is 18.4 Å². The Morgan fingerprint density at radius 3 is 2.44 bits per heavy atom. The molecule has 0 fully saturated rings. The first-order valence-corrected chi connectivity index (χ1v) is 8.30. The largest absolute Gasteiger partial charge is 0.460 e. The van der Waals surface area contributed by atoms with Crippen LogP contribution in [0.2, 0.25) is 0 Å². The molecule has 1 heterocycles. The zero-order valence-corrected chi connectivity index (χ0v) is 15.8. The average molecular weight is 346 g/mol. The van der Waals surface area contributed by atoms with Gasteiger partial charge >= 0.3 is 11.9 Å². The summed E-state index contributed by atoms with van der Waals surface area (Å²) in [6, 6.07) is 3.76. The molecule has 0 saturated carbocycles. The highest BCUT2D eigenvalue weighted by Crippen LogP contribution is 2.20. The lowest BCUT2D eigenvalue weighted by Crippen LogP contribution is -2.20. The van der Waals surface area contributed by atoms with Crippen LogP contribution in [0.1, 0.15) is 44.6 Å². The number of aryl methyl sites for hydroxylation is 1. The third kappa shape index (κ3) is 6.11. The van der Waals surface area contributed by atoms with Gasteiger partial charge in [-0.15, -0.1) is 0 Å². The van der Waals surface area contributed by atoms with Crippen molar-refractivity contribution in [2.24, 2.45) is 5.92 Å². The first kappa shape index (κ1) is 20.5. The lowest BCUT2D eigenvalue weighted by atomic mass is 10.1. The van der Waals surface area contributed by atoms with Gasteiger partial charge in [0.2, 0.25) is 0 Å². The van der Waals surface area contributed by atoms with Crippen molar-refractivity contribution in [2.75, 3.05) is 6.61 Å². The normalized spacial score (nSPS) is 11.6. The van der Waals surface area contributed by atoms with Crippen molar-refractivity contribution >= 4 is 18.0 Å². The Labute approximate surface area is 149 Å². The molecular weight excluding hydrogens is 320 g/mol. The SMILES string of the molecule is Cc1cc(C=C(C#N)C(=O)OCC(=O)OC(C)C)c(C)n1CC(C)C. The van der Waals surface area contributed by atoms with Crippen LogP contribution in [0.5, 0.6) is 0 Å². The molecule has 25 heavy (non-hydrogen) atoms. The minimum absolute atomic E-state index is 0.151. The molecule has 0 spiro atoms. The van der Waals surface area contributed by atoms with Gasteiger partial charge in [0.15, 0.2) is 6.61 Å². The lowest BCUT2D eigenvalue weighted by Gasteiger charge is -2.12. The Balaban J connectivity index is 2.91. The van der Waals surface area contributed by atoms with Crippen LogP contribution in [-0.2, 0) is 25.6 Å². The van der Waals surface area contributed by atoms with Gasteiger partial charge in [-0.05, 0) is 51.3 Å². The molecule has 0 amide bonds. The zero-order valence-electron chi connectivity index (χ0n) is 15.8.